The molecule has 0 aliphatic carbocycles. The summed E-state index contributed by atoms with van der Waals surface area (Å²) in [6, 6.07) is 0. The maximum absolute atomic E-state index is 11.3. The molecule has 0 aromatic heterocycles. The quantitative estimate of drug-likeness (QED) is 0.809. The standard InChI is InChI=1S/C12H26N2O3S/c1-6-18(15,16)13-7-8-14-9-11(2,3)17-12(4,5)10-14/h13H,6-10H2,1-5H3. The van der Waals surface area contributed by atoms with Gasteiger partial charge in [0.2, 0.25) is 10.0 Å². The molecule has 0 aromatic carbocycles. The highest BCUT2D eigenvalue weighted by Crippen LogP contribution is 2.27. The first kappa shape index (κ1) is 15.9. The molecule has 5 nitrogen and oxygen atoms in total. The van der Waals surface area contributed by atoms with Gasteiger partial charge in [-0.05, 0) is 34.6 Å². The summed E-state index contributed by atoms with van der Waals surface area (Å²) in [6.07, 6.45) is 0. The van der Waals surface area contributed by atoms with E-state index >= 15 is 0 Å². The van der Waals surface area contributed by atoms with E-state index < -0.39 is 10.0 Å². The third kappa shape index (κ3) is 5.22. The Morgan fingerprint density at radius 2 is 1.67 bits per heavy atom. The first-order valence-electron chi connectivity index (χ1n) is 6.45. The molecule has 0 unspecified atom stereocenters. The normalized spacial score (nSPS) is 24.1. The van der Waals surface area contributed by atoms with Crippen LogP contribution in [0.1, 0.15) is 34.6 Å². The summed E-state index contributed by atoms with van der Waals surface area (Å²) in [6.45, 7) is 12.7. The number of hydrogen-bond donors (Lipinski definition) is 1. The predicted octanol–water partition coefficient (Wildman–Crippen LogP) is 0.815. The number of nitrogens with zero attached hydrogens (tertiary/aromatic N) is 1. The Balaban J connectivity index is 2.48. The van der Waals surface area contributed by atoms with Gasteiger partial charge in [-0.25, -0.2) is 13.1 Å². The number of nitrogens with one attached hydrogen (secondary N) is 1. The number of morpholine rings is 1. The molecule has 1 aliphatic heterocycles. The van der Waals surface area contributed by atoms with Gasteiger partial charge in [-0.3, -0.25) is 4.90 Å². The highest BCUT2D eigenvalue weighted by Gasteiger charge is 2.37. The highest BCUT2D eigenvalue weighted by atomic mass is 32.2. The van der Waals surface area contributed by atoms with Crippen molar-refractivity contribution in [2.45, 2.75) is 45.8 Å². The monoisotopic (exact) mass is 278 g/mol. The Morgan fingerprint density at radius 3 is 2.11 bits per heavy atom. The maximum Gasteiger partial charge on any atom is 0.211 e. The van der Waals surface area contributed by atoms with Gasteiger partial charge >= 0.3 is 0 Å². The van der Waals surface area contributed by atoms with Crippen LogP contribution in [-0.4, -0.2) is 56.5 Å². The lowest BCUT2D eigenvalue weighted by molar-refractivity contribution is -0.179. The van der Waals surface area contributed by atoms with Crippen molar-refractivity contribution >= 4 is 10.0 Å². The predicted molar refractivity (Wildman–Crippen MR) is 73.1 cm³/mol. The fourth-order valence-corrected chi connectivity index (χ4v) is 3.17. The van der Waals surface area contributed by atoms with Crippen molar-refractivity contribution in [3.63, 3.8) is 0 Å². The molecule has 0 aromatic rings. The fourth-order valence-electron chi connectivity index (χ4n) is 2.56. The van der Waals surface area contributed by atoms with Gasteiger partial charge in [0.25, 0.3) is 0 Å². The molecule has 0 spiro atoms. The van der Waals surface area contributed by atoms with Gasteiger partial charge in [-0.1, -0.05) is 0 Å². The lowest BCUT2D eigenvalue weighted by Gasteiger charge is -2.47. The van der Waals surface area contributed by atoms with Crippen molar-refractivity contribution in [1.82, 2.24) is 9.62 Å². The molecule has 6 heteroatoms. The molecule has 0 amide bonds. The van der Waals surface area contributed by atoms with Crippen LogP contribution < -0.4 is 4.72 Å². The van der Waals surface area contributed by atoms with Crippen molar-refractivity contribution in [3.05, 3.63) is 0 Å². The fraction of sp³-hybridized carbons (Fsp3) is 1.00. The third-order valence-electron chi connectivity index (χ3n) is 2.89. The molecule has 0 saturated carbocycles. The van der Waals surface area contributed by atoms with Crippen LogP contribution in [0.2, 0.25) is 0 Å². The molecule has 1 aliphatic rings. The molecule has 108 valence electrons. The van der Waals surface area contributed by atoms with E-state index in [0.717, 1.165) is 19.6 Å². The lowest BCUT2D eigenvalue weighted by atomic mass is 9.99. The van der Waals surface area contributed by atoms with Crippen LogP contribution in [-0.2, 0) is 14.8 Å². The highest BCUT2D eigenvalue weighted by molar-refractivity contribution is 7.89. The second-order valence-electron chi connectivity index (χ2n) is 6.13. The molecule has 1 fully saturated rings. The minimum absolute atomic E-state index is 0.132. The lowest BCUT2D eigenvalue weighted by Crippen LogP contribution is -2.58. The van der Waals surface area contributed by atoms with Gasteiger partial charge in [0.05, 0.1) is 17.0 Å². The first-order valence-corrected chi connectivity index (χ1v) is 8.10. The zero-order valence-corrected chi connectivity index (χ0v) is 12.9. The van der Waals surface area contributed by atoms with E-state index in [1.165, 1.54) is 0 Å². The van der Waals surface area contributed by atoms with Crippen LogP contribution in [0.3, 0.4) is 0 Å². The van der Waals surface area contributed by atoms with Crippen molar-refractivity contribution < 1.29 is 13.2 Å². The number of hydrogen-bond acceptors (Lipinski definition) is 4. The molecule has 1 saturated heterocycles. The van der Waals surface area contributed by atoms with Crippen LogP contribution in [0.5, 0.6) is 0 Å². The topological polar surface area (TPSA) is 58.6 Å². The van der Waals surface area contributed by atoms with Gasteiger partial charge in [0.15, 0.2) is 0 Å². The van der Waals surface area contributed by atoms with Gasteiger partial charge in [-0.15, -0.1) is 0 Å². The van der Waals surface area contributed by atoms with Crippen LogP contribution >= 0.6 is 0 Å². The van der Waals surface area contributed by atoms with Crippen LogP contribution in [0.15, 0.2) is 0 Å². The molecular formula is C12H26N2O3S. The maximum atomic E-state index is 11.3. The number of rotatable bonds is 5. The van der Waals surface area contributed by atoms with E-state index in [2.05, 4.69) is 37.3 Å². The summed E-state index contributed by atoms with van der Waals surface area (Å²) in [5.41, 5.74) is -0.378. The van der Waals surface area contributed by atoms with E-state index in [1.807, 2.05) is 0 Å². The SMILES string of the molecule is CCS(=O)(=O)NCCN1CC(C)(C)OC(C)(C)C1. The Bertz CT molecular complexity index is 361. The Kier molecular flexibility index (Phi) is 4.81. The summed E-state index contributed by atoms with van der Waals surface area (Å²) in [5.74, 6) is 0.132. The summed E-state index contributed by atoms with van der Waals surface area (Å²) >= 11 is 0. The summed E-state index contributed by atoms with van der Waals surface area (Å²) in [7, 11) is -3.09. The molecule has 1 N–H and O–H groups in total. The minimum Gasteiger partial charge on any atom is -0.367 e. The van der Waals surface area contributed by atoms with Gasteiger partial charge in [0, 0.05) is 26.2 Å². The van der Waals surface area contributed by atoms with E-state index in [0.29, 0.717) is 6.54 Å². The van der Waals surface area contributed by atoms with Gasteiger partial charge in [-0.2, -0.15) is 0 Å². The molecule has 0 bridgehead atoms. The van der Waals surface area contributed by atoms with Crippen molar-refractivity contribution in [3.8, 4) is 0 Å². The first-order chi connectivity index (χ1) is 8.05. The Morgan fingerprint density at radius 1 is 1.17 bits per heavy atom. The van der Waals surface area contributed by atoms with E-state index in [4.69, 9.17) is 4.74 Å². The van der Waals surface area contributed by atoms with Crippen molar-refractivity contribution in [2.75, 3.05) is 31.9 Å². The number of ether oxygens (including phenoxy) is 1. The zero-order valence-electron chi connectivity index (χ0n) is 12.1. The van der Waals surface area contributed by atoms with Crippen molar-refractivity contribution in [1.29, 1.82) is 0 Å². The Hall–Kier alpha value is -0.170. The van der Waals surface area contributed by atoms with Crippen LogP contribution in [0.4, 0.5) is 0 Å². The smallest absolute Gasteiger partial charge is 0.211 e. The second-order valence-corrected chi connectivity index (χ2v) is 8.23. The summed E-state index contributed by atoms with van der Waals surface area (Å²) in [4.78, 5) is 2.25. The molecule has 1 heterocycles. The molecular weight excluding hydrogens is 252 g/mol. The number of sulfonamides is 1. The molecule has 0 atom stereocenters. The van der Waals surface area contributed by atoms with E-state index in [1.54, 1.807) is 6.92 Å². The average molecular weight is 278 g/mol. The Labute approximate surface area is 111 Å². The largest absolute Gasteiger partial charge is 0.367 e. The third-order valence-corrected chi connectivity index (χ3v) is 4.30. The second kappa shape index (κ2) is 5.45. The van der Waals surface area contributed by atoms with Crippen molar-refractivity contribution in [2.24, 2.45) is 0 Å². The molecule has 1 rings (SSSR count). The van der Waals surface area contributed by atoms with E-state index in [-0.39, 0.29) is 17.0 Å². The van der Waals surface area contributed by atoms with Gasteiger partial charge < -0.3 is 4.74 Å². The summed E-state index contributed by atoms with van der Waals surface area (Å²) in [5, 5.41) is 0. The average Bonchev–Trinajstić information content (AvgIpc) is 2.12. The van der Waals surface area contributed by atoms with Gasteiger partial charge in [0.1, 0.15) is 0 Å². The zero-order chi connectivity index (χ0) is 14.0. The van der Waals surface area contributed by atoms with Crippen LogP contribution in [0.25, 0.3) is 0 Å². The van der Waals surface area contributed by atoms with E-state index in [9.17, 15) is 8.42 Å². The molecule has 0 radical (unpaired) electrons. The minimum atomic E-state index is -3.09. The van der Waals surface area contributed by atoms with Crippen LogP contribution in [0, 0.1) is 0 Å². The molecule has 18 heavy (non-hydrogen) atoms. The summed E-state index contributed by atoms with van der Waals surface area (Å²) < 4.78 is 31.3.